The Bertz CT molecular complexity index is 687. The second kappa shape index (κ2) is 4.93. The number of fused-ring (bicyclic) bond motifs is 1. The van der Waals surface area contributed by atoms with E-state index < -0.39 is 0 Å². The number of carbonyl (C=O) groups is 1. The molecule has 3 rings (SSSR count). The lowest BCUT2D eigenvalue weighted by molar-refractivity contribution is -0.108. The summed E-state index contributed by atoms with van der Waals surface area (Å²) in [6.07, 6.45) is 2.70. The molecule has 0 bridgehead atoms. The highest BCUT2D eigenvalue weighted by Gasteiger charge is 2.20. The minimum Gasteiger partial charge on any atom is -0.462 e. The molecule has 0 amide bonds. The van der Waals surface area contributed by atoms with Gasteiger partial charge in [0.15, 0.2) is 0 Å². The van der Waals surface area contributed by atoms with E-state index >= 15 is 0 Å². The van der Waals surface area contributed by atoms with Crippen LogP contribution in [0.2, 0.25) is 0 Å². The van der Waals surface area contributed by atoms with E-state index in [0.29, 0.717) is 5.75 Å². The van der Waals surface area contributed by atoms with Crippen molar-refractivity contribution in [2.45, 2.75) is 12.8 Å². The maximum Gasteiger partial charge on any atom is 0.131 e. The molecule has 0 saturated carbocycles. The van der Waals surface area contributed by atoms with Crippen molar-refractivity contribution in [1.29, 1.82) is 0 Å². The Morgan fingerprint density at radius 2 is 1.80 bits per heavy atom. The van der Waals surface area contributed by atoms with E-state index in [2.05, 4.69) is 0 Å². The standard InChI is InChI=1S/C17H13FO2/c1-11-8-14(10-19)16-9-13(4-7-17(16)20-11)12-2-5-15(18)6-3-12/h2-10,14H,1H3. The van der Waals surface area contributed by atoms with Crippen LogP contribution < -0.4 is 4.74 Å². The summed E-state index contributed by atoms with van der Waals surface area (Å²) in [7, 11) is 0. The Morgan fingerprint density at radius 1 is 1.10 bits per heavy atom. The van der Waals surface area contributed by atoms with Crippen LogP contribution in [0.1, 0.15) is 18.4 Å². The van der Waals surface area contributed by atoms with Gasteiger partial charge in [0, 0.05) is 5.56 Å². The van der Waals surface area contributed by atoms with Crippen molar-refractivity contribution in [3.8, 4) is 16.9 Å². The normalized spacial score (nSPS) is 16.9. The SMILES string of the molecule is CC1=CC(C=O)c2cc(-c3ccc(F)cc3)ccc2O1. The molecule has 1 unspecified atom stereocenters. The fourth-order valence-corrected chi connectivity index (χ4v) is 2.39. The van der Waals surface area contributed by atoms with Crippen molar-refractivity contribution in [3.63, 3.8) is 0 Å². The summed E-state index contributed by atoms with van der Waals surface area (Å²) in [5.74, 6) is 0.871. The molecule has 0 aliphatic carbocycles. The maximum absolute atomic E-state index is 13.0. The molecule has 2 nitrogen and oxygen atoms in total. The van der Waals surface area contributed by atoms with Crippen LogP contribution in [0.15, 0.2) is 54.3 Å². The fourth-order valence-electron chi connectivity index (χ4n) is 2.39. The van der Waals surface area contributed by atoms with Crippen LogP contribution >= 0.6 is 0 Å². The molecule has 0 fully saturated rings. The molecule has 0 spiro atoms. The van der Waals surface area contributed by atoms with Crippen LogP contribution in [0.5, 0.6) is 5.75 Å². The highest BCUT2D eigenvalue weighted by molar-refractivity contribution is 5.73. The first-order valence-corrected chi connectivity index (χ1v) is 6.39. The predicted octanol–water partition coefficient (Wildman–Crippen LogP) is 4.07. The first kappa shape index (κ1) is 12.6. The summed E-state index contributed by atoms with van der Waals surface area (Å²) in [5.41, 5.74) is 2.68. The Kier molecular flexibility index (Phi) is 3.11. The highest BCUT2D eigenvalue weighted by atomic mass is 19.1. The van der Waals surface area contributed by atoms with Gasteiger partial charge >= 0.3 is 0 Å². The molecular formula is C17H13FO2. The summed E-state index contributed by atoms with van der Waals surface area (Å²) in [4.78, 5) is 11.2. The Hall–Kier alpha value is -2.42. The zero-order valence-corrected chi connectivity index (χ0v) is 11.0. The van der Waals surface area contributed by atoms with Crippen LogP contribution in [0.4, 0.5) is 4.39 Å². The molecule has 2 aromatic rings. The zero-order valence-electron chi connectivity index (χ0n) is 11.0. The molecule has 1 atom stereocenters. The molecule has 0 N–H and O–H groups in total. The maximum atomic E-state index is 13.0. The summed E-state index contributed by atoms with van der Waals surface area (Å²) >= 11 is 0. The summed E-state index contributed by atoms with van der Waals surface area (Å²) in [5, 5.41) is 0. The Balaban J connectivity index is 2.06. The second-order valence-electron chi connectivity index (χ2n) is 4.80. The Labute approximate surface area is 116 Å². The van der Waals surface area contributed by atoms with Crippen molar-refractivity contribution in [2.24, 2.45) is 0 Å². The summed E-state index contributed by atoms with van der Waals surface area (Å²) in [6.45, 7) is 1.83. The number of allylic oxidation sites excluding steroid dienone is 2. The van der Waals surface area contributed by atoms with Crippen molar-refractivity contribution in [1.82, 2.24) is 0 Å². The lowest BCUT2D eigenvalue weighted by Crippen LogP contribution is -2.09. The van der Waals surface area contributed by atoms with Crippen molar-refractivity contribution in [3.05, 3.63) is 65.7 Å². The molecule has 1 aliphatic heterocycles. The number of hydrogen-bond acceptors (Lipinski definition) is 2. The van der Waals surface area contributed by atoms with Gasteiger partial charge in [0.2, 0.25) is 0 Å². The van der Waals surface area contributed by atoms with Crippen LogP contribution in [0.3, 0.4) is 0 Å². The summed E-state index contributed by atoms with van der Waals surface area (Å²) in [6, 6.07) is 12.0. The smallest absolute Gasteiger partial charge is 0.131 e. The molecule has 0 aromatic heterocycles. The van der Waals surface area contributed by atoms with E-state index in [9.17, 15) is 9.18 Å². The van der Waals surface area contributed by atoms with Gasteiger partial charge in [0.05, 0.1) is 11.7 Å². The lowest BCUT2D eigenvalue weighted by atomic mass is 9.93. The second-order valence-corrected chi connectivity index (χ2v) is 4.80. The Morgan fingerprint density at radius 3 is 2.50 bits per heavy atom. The number of hydrogen-bond donors (Lipinski definition) is 0. The van der Waals surface area contributed by atoms with Crippen LogP contribution in [-0.4, -0.2) is 6.29 Å². The zero-order chi connectivity index (χ0) is 14.1. The molecule has 100 valence electrons. The number of aldehydes is 1. The van der Waals surface area contributed by atoms with E-state index in [1.807, 2.05) is 25.1 Å². The van der Waals surface area contributed by atoms with Gasteiger partial charge in [-0.1, -0.05) is 18.2 Å². The first-order valence-electron chi connectivity index (χ1n) is 6.39. The lowest BCUT2D eigenvalue weighted by Gasteiger charge is -2.21. The molecule has 2 aromatic carbocycles. The quantitative estimate of drug-likeness (QED) is 0.767. The topological polar surface area (TPSA) is 26.3 Å². The van der Waals surface area contributed by atoms with E-state index in [1.165, 1.54) is 12.1 Å². The molecule has 0 radical (unpaired) electrons. The van der Waals surface area contributed by atoms with Crippen molar-refractivity contribution in [2.75, 3.05) is 0 Å². The van der Waals surface area contributed by atoms with Gasteiger partial charge < -0.3 is 9.53 Å². The highest BCUT2D eigenvalue weighted by Crippen LogP contribution is 2.36. The molecule has 1 aliphatic rings. The van der Waals surface area contributed by atoms with Gasteiger partial charge in [-0.3, -0.25) is 0 Å². The average molecular weight is 268 g/mol. The fraction of sp³-hybridized carbons (Fsp3) is 0.118. The van der Waals surface area contributed by atoms with E-state index in [-0.39, 0.29) is 11.7 Å². The average Bonchev–Trinajstić information content (AvgIpc) is 2.46. The third-order valence-electron chi connectivity index (χ3n) is 3.38. The first-order chi connectivity index (χ1) is 9.67. The molecular weight excluding hydrogens is 255 g/mol. The van der Waals surface area contributed by atoms with Gasteiger partial charge in [-0.15, -0.1) is 0 Å². The number of carbonyl (C=O) groups excluding carboxylic acids is 1. The monoisotopic (exact) mass is 268 g/mol. The molecule has 20 heavy (non-hydrogen) atoms. The number of benzene rings is 2. The van der Waals surface area contributed by atoms with E-state index in [4.69, 9.17) is 4.74 Å². The van der Waals surface area contributed by atoms with E-state index in [0.717, 1.165) is 28.7 Å². The van der Waals surface area contributed by atoms with Crippen LogP contribution in [-0.2, 0) is 4.79 Å². The molecule has 3 heteroatoms. The molecule has 1 heterocycles. The van der Waals surface area contributed by atoms with Gasteiger partial charge in [0.1, 0.15) is 17.9 Å². The van der Waals surface area contributed by atoms with Crippen molar-refractivity contribution >= 4 is 6.29 Å². The number of halogens is 1. The van der Waals surface area contributed by atoms with Gasteiger partial charge in [-0.05, 0) is 48.4 Å². The van der Waals surface area contributed by atoms with Crippen LogP contribution in [0, 0.1) is 5.82 Å². The number of ether oxygens (including phenoxy) is 1. The van der Waals surface area contributed by atoms with Gasteiger partial charge in [-0.2, -0.15) is 0 Å². The van der Waals surface area contributed by atoms with Crippen molar-refractivity contribution < 1.29 is 13.9 Å². The van der Waals surface area contributed by atoms with Gasteiger partial charge in [0.25, 0.3) is 0 Å². The van der Waals surface area contributed by atoms with E-state index in [1.54, 1.807) is 18.2 Å². The largest absolute Gasteiger partial charge is 0.462 e. The predicted molar refractivity (Wildman–Crippen MR) is 75.0 cm³/mol. The summed E-state index contributed by atoms with van der Waals surface area (Å²) < 4.78 is 18.6. The molecule has 0 saturated heterocycles. The third-order valence-corrected chi connectivity index (χ3v) is 3.38. The third kappa shape index (κ3) is 2.23. The van der Waals surface area contributed by atoms with Gasteiger partial charge in [-0.25, -0.2) is 4.39 Å². The number of rotatable bonds is 2. The minimum atomic E-state index is -0.292. The minimum absolute atomic E-state index is 0.264. The van der Waals surface area contributed by atoms with Crippen LogP contribution in [0.25, 0.3) is 11.1 Å².